The molecule has 1 fully saturated rings. The zero-order valence-corrected chi connectivity index (χ0v) is 17.7. The van der Waals surface area contributed by atoms with Crippen molar-refractivity contribution in [3.8, 4) is 11.3 Å². The van der Waals surface area contributed by atoms with Gasteiger partial charge in [0.05, 0.1) is 16.3 Å². The fraction of sp³-hybridized carbons (Fsp3) is 0.348. The fourth-order valence-corrected chi connectivity index (χ4v) is 4.12. The minimum Gasteiger partial charge on any atom is -0.368 e. The molecule has 0 spiro atoms. The lowest BCUT2D eigenvalue weighted by Crippen LogP contribution is -2.38. The van der Waals surface area contributed by atoms with Crippen LogP contribution >= 0.6 is 11.6 Å². The lowest BCUT2D eigenvalue weighted by atomic mass is 9.86. The molecule has 0 unspecified atom stereocenters. The number of benzene rings is 1. The topological polar surface area (TPSA) is 82.7 Å². The first-order valence-corrected chi connectivity index (χ1v) is 10.7. The SMILES string of the molecule is Cc1ccc(Cl)c(C(=O)NC2CCC(CNc3cc(-c4cccnc4)[nH]n3)CC2)c1. The molecule has 6 nitrogen and oxygen atoms in total. The lowest BCUT2D eigenvalue weighted by molar-refractivity contribution is 0.0923. The first-order chi connectivity index (χ1) is 14.6. The van der Waals surface area contributed by atoms with Crippen LogP contribution in [0.1, 0.15) is 41.6 Å². The Balaban J connectivity index is 1.24. The van der Waals surface area contributed by atoms with E-state index in [2.05, 4.69) is 25.8 Å². The molecule has 1 aromatic carbocycles. The van der Waals surface area contributed by atoms with E-state index in [9.17, 15) is 4.79 Å². The van der Waals surface area contributed by atoms with Crippen LogP contribution < -0.4 is 10.6 Å². The van der Waals surface area contributed by atoms with Crippen molar-refractivity contribution in [2.45, 2.75) is 38.6 Å². The maximum Gasteiger partial charge on any atom is 0.253 e. The number of nitrogens with zero attached hydrogens (tertiary/aromatic N) is 2. The summed E-state index contributed by atoms with van der Waals surface area (Å²) in [5.41, 5.74) is 3.56. The van der Waals surface area contributed by atoms with Crippen LogP contribution in [0.2, 0.25) is 5.02 Å². The normalized spacial score (nSPS) is 18.7. The van der Waals surface area contributed by atoms with Crippen LogP contribution in [0.25, 0.3) is 11.3 Å². The highest BCUT2D eigenvalue weighted by Crippen LogP contribution is 2.26. The Labute approximate surface area is 181 Å². The van der Waals surface area contributed by atoms with Crippen LogP contribution in [0.3, 0.4) is 0 Å². The van der Waals surface area contributed by atoms with E-state index >= 15 is 0 Å². The summed E-state index contributed by atoms with van der Waals surface area (Å²) in [4.78, 5) is 16.7. The Morgan fingerprint density at radius 2 is 2.03 bits per heavy atom. The summed E-state index contributed by atoms with van der Waals surface area (Å²) < 4.78 is 0. The second kappa shape index (κ2) is 9.30. The van der Waals surface area contributed by atoms with Crippen LogP contribution in [0.5, 0.6) is 0 Å². The van der Waals surface area contributed by atoms with Crippen LogP contribution in [0, 0.1) is 12.8 Å². The third-order valence-corrected chi connectivity index (χ3v) is 6.00. The zero-order valence-electron chi connectivity index (χ0n) is 17.0. The van der Waals surface area contributed by atoms with E-state index in [1.54, 1.807) is 12.3 Å². The molecule has 2 aromatic heterocycles. The first kappa shape index (κ1) is 20.4. The standard InChI is InChI=1S/C23H26ClN5O/c1-15-4-9-20(24)19(11-15)23(30)27-18-7-5-16(6-8-18)13-26-22-12-21(28-29-22)17-3-2-10-25-14-17/h2-4,9-12,14,16,18H,5-8,13H2,1H3,(H,27,30)(H2,26,28,29). The summed E-state index contributed by atoms with van der Waals surface area (Å²) >= 11 is 6.19. The predicted molar refractivity (Wildman–Crippen MR) is 120 cm³/mol. The molecule has 30 heavy (non-hydrogen) atoms. The second-order valence-corrected chi connectivity index (χ2v) is 8.37. The number of aromatic nitrogens is 3. The molecule has 3 N–H and O–H groups in total. The van der Waals surface area contributed by atoms with Gasteiger partial charge in [-0.25, -0.2) is 0 Å². The number of H-pyrrole nitrogens is 1. The Morgan fingerprint density at radius 3 is 2.80 bits per heavy atom. The van der Waals surface area contributed by atoms with E-state index in [1.165, 1.54) is 0 Å². The van der Waals surface area contributed by atoms with E-state index in [0.29, 0.717) is 16.5 Å². The van der Waals surface area contributed by atoms with Gasteiger partial charge >= 0.3 is 0 Å². The number of anilines is 1. The molecular formula is C23H26ClN5O. The molecule has 0 saturated heterocycles. The molecule has 7 heteroatoms. The highest BCUT2D eigenvalue weighted by molar-refractivity contribution is 6.33. The summed E-state index contributed by atoms with van der Waals surface area (Å²) in [5, 5.41) is 14.5. The minimum atomic E-state index is -0.0790. The summed E-state index contributed by atoms with van der Waals surface area (Å²) in [5.74, 6) is 1.34. The molecule has 1 aliphatic rings. The smallest absolute Gasteiger partial charge is 0.253 e. The number of aryl methyl sites for hydroxylation is 1. The monoisotopic (exact) mass is 423 g/mol. The molecule has 1 aliphatic carbocycles. The molecule has 3 aromatic rings. The van der Waals surface area contributed by atoms with Gasteiger partial charge in [-0.15, -0.1) is 0 Å². The highest BCUT2D eigenvalue weighted by Gasteiger charge is 2.23. The van der Waals surface area contributed by atoms with E-state index in [0.717, 1.165) is 54.9 Å². The summed E-state index contributed by atoms with van der Waals surface area (Å²) in [7, 11) is 0. The van der Waals surface area contributed by atoms with Crippen LogP contribution in [0.15, 0.2) is 48.8 Å². The van der Waals surface area contributed by atoms with Crippen LogP contribution in [-0.2, 0) is 0 Å². The molecule has 2 heterocycles. The van der Waals surface area contributed by atoms with Gasteiger partial charge < -0.3 is 10.6 Å². The molecule has 0 radical (unpaired) electrons. The van der Waals surface area contributed by atoms with Crippen molar-refractivity contribution in [2.75, 3.05) is 11.9 Å². The number of hydrogen-bond donors (Lipinski definition) is 3. The highest BCUT2D eigenvalue weighted by atomic mass is 35.5. The Bertz CT molecular complexity index is 996. The minimum absolute atomic E-state index is 0.0790. The van der Waals surface area contributed by atoms with Gasteiger partial charge in [-0.3, -0.25) is 14.9 Å². The molecule has 156 valence electrons. The van der Waals surface area contributed by atoms with Gasteiger partial charge in [-0.1, -0.05) is 23.2 Å². The average molecular weight is 424 g/mol. The van der Waals surface area contributed by atoms with E-state index in [1.807, 2.05) is 43.5 Å². The third-order valence-electron chi connectivity index (χ3n) is 5.67. The molecule has 0 bridgehead atoms. The summed E-state index contributed by atoms with van der Waals surface area (Å²) in [6, 6.07) is 11.7. The molecule has 1 amide bonds. The lowest BCUT2D eigenvalue weighted by Gasteiger charge is -2.29. The molecule has 0 aliphatic heterocycles. The van der Waals surface area contributed by atoms with Gasteiger partial charge in [0.25, 0.3) is 5.91 Å². The maximum absolute atomic E-state index is 12.6. The van der Waals surface area contributed by atoms with Gasteiger partial charge in [0.1, 0.15) is 5.82 Å². The fourth-order valence-electron chi connectivity index (χ4n) is 3.92. The van der Waals surface area contributed by atoms with Crippen molar-refractivity contribution in [3.05, 3.63) is 64.9 Å². The van der Waals surface area contributed by atoms with E-state index in [-0.39, 0.29) is 11.9 Å². The Morgan fingerprint density at radius 1 is 1.20 bits per heavy atom. The number of amides is 1. The Kier molecular flexibility index (Phi) is 6.33. The number of nitrogens with one attached hydrogen (secondary N) is 3. The number of hydrogen-bond acceptors (Lipinski definition) is 4. The molecule has 0 atom stereocenters. The Hall–Kier alpha value is -2.86. The van der Waals surface area contributed by atoms with Crippen molar-refractivity contribution < 1.29 is 4.79 Å². The molecular weight excluding hydrogens is 398 g/mol. The molecule has 1 saturated carbocycles. The van der Waals surface area contributed by atoms with Crippen molar-refractivity contribution in [1.82, 2.24) is 20.5 Å². The third kappa shape index (κ3) is 5.00. The number of halogens is 1. The number of rotatable bonds is 6. The quantitative estimate of drug-likeness (QED) is 0.530. The number of pyridine rings is 1. The van der Waals surface area contributed by atoms with Gasteiger partial charge in [0, 0.05) is 36.6 Å². The van der Waals surface area contributed by atoms with Crippen LogP contribution in [-0.4, -0.2) is 33.7 Å². The number of carbonyl (C=O) groups excluding carboxylic acids is 1. The van der Waals surface area contributed by atoms with Gasteiger partial charge in [0.2, 0.25) is 0 Å². The van der Waals surface area contributed by atoms with Gasteiger partial charge in [0.15, 0.2) is 0 Å². The van der Waals surface area contributed by atoms with Gasteiger partial charge in [-0.05, 0) is 62.8 Å². The van der Waals surface area contributed by atoms with E-state index < -0.39 is 0 Å². The van der Waals surface area contributed by atoms with Crippen molar-refractivity contribution in [2.24, 2.45) is 5.92 Å². The van der Waals surface area contributed by atoms with Crippen LogP contribution in [0.4, 0.5) is 5.82 Å². The molecule has 4 rings (SSSR count). The largest absolute Gasteiger partial charge is 0.368 e. The predicted octanol–water partition coefficient (Wildman–Crippen LogP) is 4.83. The van der Waals surface area contributed by atoms with Crippen molar-refractivity contribution >= 4 is 23.3 Å². The van der Waals surface area contributed by atoms with Crippen molar-refractivity contribution in [3.63, 3.8) is 0 Å². The number of carbonyl (C=O) groups is 1. The van der Waals surface area contributed by atoms with Gasteiger partial charge in [-0.2, -0.15) is 5.10 Å². The second-order valence-electron chi connectivity index (χ2n) is 7.96. The van der Waals surface area contributed by atoms with Crippen molar-refractivity contribution in [1.29, 1.82) is 0 Å². The van der Waals surface area contributed by atoms with E-state index in [4.69, 9.17) is 11.6 Å². The summed E-state index contributed by atoms with van der Waals surface area (Å²) in [6.45, 7) is 2.84. The average Bonchev–Trinajstić information content (AvgIpc) is 3.25. The summed E-state index contributed by atoms with van der Waals surface area (Å²) in [6.07, 6.45) is 7.66. The maximum atomic E-state index is 12.6. The zero-order chi connectivity index (χ0) is 20.9. The number of aromatic amines is 1. The first-order valence-electron chi connectivity index (χ1n) is 10.3.